The average molecular weight is 377 g/mol. The molecule has 7 heteroatoms. The van der Waals surface area contributed by atoms with E-state index in [-0.39, 0.29) is 24.7 Å². The summed E-state index contributed by atoms with van der Waals surface area (Å²) in [6.07, 6.45) is 0.833. The van der Waals surface area contributed by atoms with Gasteiger partial charge in [-0.25, -0.2) is 9.59 Å². The Kier molecular flexibility index (Phi) is 7.47. The number of amides is 2. The number of ether oxygens (including phenoxy) is 2. The van der Waals surface area contributed by atoms with Crippen molar-refractivity contribution in [2.45, 2.75) is 51.9 Å². The van der Waals surface area contributed by atoms with Gasteiger partial charge in [-0.05, 0) is 45.1 Å². The Morgan fingerprint density at radius 2 is 1.85 bits per heavy atom. The summed E-state index contributed by atoms with van der Waals surface area (Å²) in [6, 6.07) is 9.34. The van der Waals surface area contributed by atoms with E-state index in [0.717, 1.165) is 18.4 Å². The molecule has 2 amide bonds. The van der Waals surface area contributed by atoms with E-state index in [1.165, 1.54) is 0 Å². The second-order valence-corrected chi connectivity index (χ2v) is 7.91. The molecule has 1 aliphatic rings. The van der Waals surface area contributed by atoms with Gasteiger partial charge in [-0.2, -0.15) is 0 Å². The van der Waals surface area contributed by atoms with Gasteiger partial charge in [0.1, 0.15) is 12.2 Å². The average Bonchev–Trinajstić information content (AvgIpc) is 2.64. The van der Waals surface area contributed by atoms with Crippen LogP contribution in [0.4, 0.5) is 9.59 Å². The highest BCUT2D eigenvalue weighted by molar-refractivity contribution is 5.68. The highest BCUT2D eigenvalue weighted by atomic mass is 16.6. The van der Waals surface area contributed by atoms with Crippen molar-refractivity contribution in [1.82, 2.24) is 10.2 Å². The molecule has 0 spiro atoms. The molecule has 0 aromatic heterocycles. The van der Waals surface area contributed by atoms with Gasteiger partial charge in [0.15, 0.2) is 0 Å². The number of hydrogen-bond donors (Lipinski definition) is 2. The third kappa shape index (κ3) is 7.46. The number of hydrogen-bond acceptors (Lipinski definition) is 5. The van der Waals surface area contributed by atoms with Gasteiger partial charge in [0.2, 0.25) is 0 Å². The van der Waals surface area contributed by atoms with E-state index < -0.39 is 11.7 Å². The smallest absolute Gasteiger partial charge is 0.410 e. The molecule has 2 rings (SSSR count). The number of carbonyl (C=O) groups excluding carboxylic acids is 2. The van der Waals surface area contributed by atoms with Crippen LogP contribution in [-0.4, -0.2) is 48.4 Å². The lowest BCUT2D eigenvalue weighted by molar-refractivity contribution is 0.0175. The van der Waals surface area contributed by atoms with E-state index in [4.69, 9.17) is 15.2 Å². The molecule has 1 aromatic carbocycles. The van der Waals surface area contributed by atoms with Gasteiger partial charge in [-0.15, -0.1) is 0 Å². The number of carbonyl (C=O) groups is 2. The zero-order valence-electron chi connectivity index (χ0n) is 16.4. The van der Waals surface area contributed by atoms with Gasteiger partial charge in [0.25, 0.3) is 0 Å². The Hall–Kier alpha value is -2.28. The maximum absolute atomic E-state index is 12.1. The van der Waals surface area contributed by atoms with Gasteiger partial charge in [0.05, 0.1) is 0 Å². The minimum atomic E-state index is -0.492. The largest absolute Gasteiger partial charge is 0.445 e. The normalized spacial score (nSPS) is 16.5. The fraction of sp³-hybridized carbons (Fsp3) is 0.600. The van der Waals surface area contributed by atoms with Crippen molar-refractivity contribution in [3.8, 4) is 0 Å². The summed E-state index contributed by atoms with van der Waals surface area (Å²) in [4.78, 5) is 25.6. The van der Waals surface area contributed by atoms with Gasteiger partial charge in [-0.1, -0.05) is 30.3 Å². The lowest BCUT2D eigenvalue weighted by Crippen LogP contribution is -2.48. The second-order valence-electron chi connectivity index (χ2n) is 7.91. The summed E-state index contributed by atoms with van der Waals surface area (Å²) in [5.74, 6) is 0.248. The van der Waals surface area contributed by atoms with Crippen molar-refractivity contribution >= 4 is 12.2 Å². The number of benzene rings is 1. The Morgan fingerprint density at radius 3 is 2.44 bits per heavy atom. The quantitative estimate of drug-likeness (QED) is 0.823. The topological polar surface area (TPSA) is 93.9 Å². The molecule has 1 atom stereocenters. The standard InChI is InChI=1S/C20H31N3O4/c1-20(2,3)27-19(25)23-11-9-16(10-12-23)17(21)13-22-18(24)26-14-15-7-5-4-6-8-15/h4-8,16-17H,9-14,21H2,1-3H3,(H,22,24)/t17-/m1/s1. The third-order valence-corrected chi connectivity index (χ3v) is 4.49. The molecule has 1 aliphatic heterocycles. The highest BCUT2D eigenvalue weighted by Crippen LogP contribution is 2.21. The molecule has 150 valence electrons. The maximum Gasteiger partial charge on any atom is 0.410 e. The molecule has 1 heterocycles. The molecule has 27 heavy (non-hydrogen) atoms. The summed E-state index contributed by atoms with van der Waals surface area (Å²) < 4.78 is 10.6. The first kappa shape index (κ1) is 21.0. The highest BCUT2D eigenvalue weighted by Gasteiger charge is 2.29. The molecule has 0 saturated carbocycles. The number of nitrogens with one attached hydrogen (secondary N) is 1. The number of likely N-dealkylation sites (tertiary alicyclic amines) is 1. The Balaban J connectivity index is 1.66. The zero-order valence-corrected chi connectivity index (χ0v) is 16.4. The molecule has 0 aliphatic carbocycles. The lowest BCUT2D eigenvalue weighted by atomic mass is 9.90. The van der Waals surface area contributed by atoms with Gasteiger partial charge < -0.3 is 25.4 Å². The van der Waals surface area contributed by atoms with Crippen LogP contribution in [0.25, 0.3) is 0 Å². The van der Waals surface area contributed by atoms with Crippen molar-refractivity contribution in [3.05, 3.63) is 35.9 Å². The van der Waals surface area contributed by atoms with E-state index in [9.17, 15) is 9.59 Å². The summed E-state index contributed by atoms with van der Waals surface area (Å²) in [5, 5.41) is 2.72. The summed E-state index contributed by atoms with van der Waals surface area (Å²) in [5.41, 5.74) is 6.67. The first-order chi connectivity index (χ1) is 12.7. The summed E-state index contributed by atoms with van der Waals surface area (Å²) in [6.45, 7) is 7.39. The number of nitrogens with zero attached hydrogens (tertiary/aromatic N) is 1. The van der Waals surface area contributed by atoms with Crippen LogP contribution in [0.2, 0.25) is 0 Å². The van der Waals surface area contributed by atoms with Crippen LogP contribution < -0.4 is 11.1 Å². The molecule has 0 unspecified atom stereocenters. The van der Waals surface area contributed by atoms with E-state index >= 15 is 0 Å². The van der Waals surface area contributed by atoms with Crippen LogP contribution in [0.5, 0.6) is 0 Å². The second kappa shape index (κ2) is 9.60. The fourth-order valence-corrected chi connectivity index (χ4v) is 2.98. The number of rotatable bonds is 5. The van der Waals surface area contributed by atoms with Crippen molar-refractivity contribution in [2.24, 2.45) is 11.7 Å². The predicted molar refractivity (Wildman–Crippen MR) is 103 cm³/mol. The van der Waals surface area contributed by atoms with Gasteiger partial charge in [0, 0.05) is 25.7 Å². The predicted octanol–water partition coefficient (Wildman–Crippen LogP) is 2.89. The molecule has 1 fully saturated rings. The first-order valence-corrected chi connectivity index (χ1v) is 9.42. The van der Waals surface area contributed by atoms with Crippen molar-refractivity contribution in [3.63, 3.8) is 0 Å². The molecule has 0 bridgehead atoms. The summed E-state index contributed by atoms with van der Waals surface area (Å²) >= 11 is 0. The first-order valence-electron chi connectivity index (χ1n) is 9.42. The van der Waals surface area contributed by atoms with E-state index in [1.807, 2.05) is 51.1 Å². The van der Waals surface area contributed by atoms with Gasteiger partial charge >= 0.3 is 12.2 Å². The SMILES string of the molecule is CC(C)(C)OC(=O)N1CCC([C@H](N)CNC(=O)OCc2ccccc2)CC1. The van der Waals surface area contributed by atoms with Crippen LogP contribution in [-0.2, 0) is 16.1 Å². The number of piperidine rings is 1. The van der Waals surface area contributed by atoms with E-state index in [0.29, 0.717) is 19.6 Å². The zero-order chi connectivity index (χ0) is 19.9. The van der Waals surface area contributed by atoms with Crippen LogP contribution in [0.3, 0.4) is 0 Å². The molecular formula is C20H31N3O4. The van der Waals surface area contributed by atoms with Crippen molar-refractivity contribution in [1.29, 1.82) is 0 Å². The lowest BCUT2D eigenvalue weighted by Gasteiger charge is -2.35. The number of alkyl carbamates (subject to hydrolysis) is 1. The molecule has 3 N–H and O–H groups in total. The van der Waals surface area contributed by atoms with Crippen molar-refractivity contribution < 1.29 is 19.1 Å². The Bertz CT molecular complexity index is 607. The molecule has 7 nitrogen and oxygen atoms in total. The maximum atomic E-state index is 12.1. The molecule has 0 radical (unpaired) electrons. The minimum absolute atomic E-state index is 0.171. The van der Waals surface area contributed by atoms with Crippen LogP contribution in [0.1, 0.15) is 39.2 Å². The molecule has 1 saturated heterocycles. The van der Waals surface area contributed by atoms with E-state index in [2.05, 4.69) is 5.32 Å². The fourth-order valence-electron chi connectivity index (χ4n) is 2.98. The van der Waals surface area contributed by atoms with E-state index in [1.54, 1.807) is 4.90 Å². The third-order valence-electron chi connectivity index (χ3n) is 4.49. The monoisotopic (exact) mass is 377 g/mol. The Morgan fingerprint density at radius 1 is 1.22 bits per heavy atom. The number of nitrogens with two attached hydrogens (primary N) is 1. The minimum Gasteiger partial charge on any atom is -0.445 e. The van der Waals surface area contributed by atoms with Crippen LogP contribution in [0, 0.1) is 5.92 Å². The summed E-state index contributed by atoms with van der Waals surface area (Å²) in [7, 11) is 0. The molecular weight excluding hydrogens is 346 g/mol. The van der Waals surface area contributed by atoms with Crippen LogP contribution >= 0.6 is 0 Å². The van der Waals surface area contributed by atoms with Crippen LogP contribution in [0.15, 0.2) is 30.3 Å². The van der Waals surface area contributed by atoms with Crippen molar-refractivity contribution in [2.75, 3.05) is 19.6 Å². The van der Waals surface area contributed by atoms with Gasteiger partial charge in [-0.3, -0.25) is 0 Å². The molecule has 1 aromatic rings. The Labute approximate surface area is 161 Å².